The molecule has 0 nitrogen and oxygen atoms in total. The van der Waals surface area contributed by atoms with Crippen LogP contribution in [0.4, 0.5) is 0 Å². The Morgan fingerprint density at radius 1 is 0.280 bits per heavy atom. The van der Waals surface area contributed by atoms with Crippen LogP contribution in [0.5, 0.6) is 0 Å². The van der Waals surface area contributed by atoms with Crippen molar-refractivity contribution in [1.82, 2.24) is 0 Å². The molecule has 8 aromatic rings. The Morgan fingerprint density at radius 2 is 0.740 bits per heavy atom. The van der Waals surface area contributed by atoms with Crippen LogP contribution in [0.3, 0.4) is 0 Å². The lowest BCUT2D eigenvalue weighted by atomic mass is 9.64. The van der Waals surface area contributed by atoms with Crippen molar-refractivity contribution in [3.05, 3.63) is 215 Å². The predicted octanol–water partition coefficient (Wildman–Crippen LogP) is 13.5. The van der Waals surface area contributed by atoms with E-state index in [1.807, 2.05) is 0 Å². The van der Waals surface area contributed by atoms with Gasteiger partial charge in [0.05, 0.1) is 5.41 Å². The van der Waals surface area contributed by atoms with Gasteiger partial charge in [0, 0.05) is 4.47 Å². The molecule has 0 radical (unpaired) electrons. The highest BCUT2D eigenvalue weighted by atomic mass is 79.9. The van der Waals surface area contributed by atoms with E-state index in [0.29, 0.717) is 0 Å². The Kier molecular flexibility index (Phi) is 6.66. The monoisotopic (exact) mass is 698 g/mol. The first-order valence-electron chi connectivity index (χ1n) is 17.2. The molecule has 0 aliphatic heterocycles. The fourth-order valence-electron chi connectivity index (χ4n) is 8.72. The molecule has 50 heavy (non-hydrogen) atoms. The summed E-state index contributed by atoms with van der Waals surface area (Å²) in [6.07, 6.45) is 0. The fraction of sp³-hybridized carbons (Fsp3) is 0.0204. The SMILES string of the molecule is Brc1cccc2c1C1(c3ccc(-c4ccccc4)cc3-c3ccccc3-c3ccccc3-c3ccc(-c4ccccc4)cc31)c1ccccc1-2. The second-order valence-corrected chi connectivity index (χ2v) is 14.2. The lowest BCUT2D eigenvalue weighted by molar-refractivity contribution is 0.769. The van der Waals surface area contributed by atoms with Gasteiger partial charge in [-0.2, -0.15) is 0 Å². The Hall–Kier alpha value is -5.76. The van der Waals surface area contributed by atoms with Crippen LogP contribution in [0.25, 0.3) is 66.8 Å². The highest BCUT2D eigenvalue weighted by Gasteiger charge is 2.50. The number of benzene rings is 8. The first-order valence-corrected chi connectivity index (χ1v) is 18.0. The highest BCUT2D eigenvalue weighted by molar-refractivity contribution is 9.10. The van der Waals surface area contributed by atoms with Gasteiger partial charge in [-0.1, -0.05) is 186 Å². The number of hydrogen-bond donors (Lipinski definition) is 0. The number of halogens is 1. The third kappa shape index (κ3) is 4.17. The van der Waals surface area contributed by atoms with Crippen LogP contribution in [-0.2, 0) is 5.41 Å². The fourth-order valence-corrected chi connectivity index (χ4v) is 9.39. The van der Waals surface area contributed by atoms with Gasteiger partial charge < -0.3 is 0 Å². The van der Waals surface area contributed by atoms with E-state index >= 15 is 0 Å². The van der Waals surface area contributed by atoms with Crippen molar-refractivity contribution in [1.29, 1.82) is 0 Å². The molecule has 10 rings (SSSR count). The van der Waals surface area contributed by atoms with Gasteiger partial charge >= 0.3 is 0 Å². The third-order valence-electron chi connectivity index (χ3n) is 10.8. The molecule has 1 atom stereocenters. The number of hydrogen-bond acceptors (Lipinski definition) is 0. The zero-order chi connectivity index (χ0) is 33.2. The van der Waals surface area contributed by atoms with Crippen molar-refractivity contribution in [3.63, 3.8) is 0 Å². The minimum atomic E-state index is -0.638. The number of rotatable bonds is 2. The molecule has 0 aromatic heterocycles. The van der Waals surface area contributed by atoms with Crippen LogP contribution in [0.1, 0.15) is 22.3 Å². The zero-order valence-corrected chi connectivity index (χ0v) is 28.9. The molecule has 0 heterocycles. The van der Waals surface area contributed by atoms with Crippen LogP contribution in [-0.4, -0.2) is 0 Å². The van der Waals surface area contributed by atoms with Crippen molar-refractivity contribution in [2.45, 2.75) is 5.41 Å². The standard InChI is InChI=1S/C49H31Br/c50-47-25-13-23-42-40-22-11-12-24-44(40)49(48(42)47)45-29-27-34(32-14-3-1-4-15-32)30-43(45)39-21-10-8-19-37(39)36-18-7-9-20-38(36)41-28-26-35(31-46(41)49)33-16-5-2-6-17-33/h1-31H. The summed E-state index contributed by atoms with van der Waals surface area (Å²) < 4.78 is 1.11. The summed E-state index contributed by atoms with van der Waals surface area (Å²) in [4.78, 5) is 0. The van der Waals surface area contributed by atoms with E-state index in [1.54, 1.807) is 0 Å². The Bertz CT molecular complexity index is 2600. The first-order chi connectivity index (χ1) is 24.7. The van der Waals surface area contributed by atoms with Crippen LogP contribution in [0, 0.1) is 0 Å². The second kappa shape index (κ2) is 11.4. The first kappa shape index (κ1) is 29.2. The quantitative estimate of drug-likeness (QED) is 0.169. The molecule has 1 spiro atoms. The molecule has 2 aliphatic rings. The van der Waals surface area contributed by atoms with Crippen LogP contribution in [0.2, 0.25) is 0 Å². The van der Waals surface area contributed by atoms with Crippen LogP contribution < -0.4 is 0 Å². The normalized spacial score (nSPS) is 15.0. The molecule has 0 saturated heterocycles. The molecule has 0 fully saturated rings. The predicted molar refractivity (Wildman–Crippen MR) is 212 cm³/mol. The molecule has 1 heteroatoms. The van der Waals surface area contributed by atoms with Crippen LogP contribution in [0.15, 0.2) is 193 Å². The molecule has 2 aliphatic carbocycles. The maximum atomic E-state index is 4.16. The summed E-state index contributed by atoms with van der Waals surface area (Å²) in [7, 11) is 0. The van der Waals surface area contributed by atoms with Gasteiger partial charge in [0.2, 0.25) is 0 Å². The Morgan fingerprint density at radius 3 is 1.40 bits per heavy atom. The van der Waals surface area contributed by atoms with E-state index in [4.69, 9.17) is 0 Å². The Balaban J connectivity index is 1.46. The lowest BCUT2D eigenvalue weighted by Gasteiger charge is -2.38. The van der Waals surface area contributed by atoms with Crippen LogP contribution >= 0.6 is 15.9 Å². The average Bonchev–Trinajstić information content (AvgIpc) is 3.51. The van der Waals surface area contributed by atoms with Gasteiger partial charge in [-0.15, -0.1) is 0 Å². The largest absolute Gasteiger partial charge is 0.0736 e. The molecular formula is C49H31Br. The van der Waals surface area contributed by atoms with Gasteiger partial charge in [0.15, 0.2) is 0 Å². The van der Waals surface area contributed by atoms with Gasteiger partial charge in [-0.25, -0.2) is 0 Å². The van der Waals surface area contributed by atoms with Gasteiger partial charge in [0.25, 0.3) is 0 Å². The van der Waals surface area contributed by atoms with E-state index in [-0.39, 0.29) is 0 Å². The highest BCUT2D eigenvalue weighted by Crippen LogP contribution is 2.62. The second-order valence-electron chi connectivity index (χ2n) is 13.3. The number of fused-ring (bicyclic) bond motifs is 14. The summed E-state index contributed by atoms with van der Waals surface area (Å²) in [5.74, 6) is 0. The van der Waals surface area contributed by atoms with Gasteiger partial charge in [-0.05, 0) is 107 Å². The molecule has 0 saturated carbocycles. The molecule has 0 amide bonds. The Labute approximate surface area is 301 Å². The molecular weight excluding hydrogens is 668 g/mol. The topological polar surface area (TPSA) is 0 Å². The summed E-state index contributed by atoms with van der Waals surface area (Å²) in [6.45, 7) is 0. The summed E-state index contributed by atoms with van der Waals surface area (Å²) in [5.41, 5.74) is 19.3. The lowest BCUT2D eigenvalue weighted by Crippen LogP contribution is -2.30. The van der Waals surface area contributed by atoms with E-state index in [1.165, 1.54) is 89.0 Å². The van der Waals surface area contributed by atoms with E-state index < -0.39 is 5.41 Å². The van der Waals surface area contributed by atoms with E-state index in [0.717, 1.165) is 4.47 Å². The van der Waals surface area contributed by atoms with Gasteiger partial charge in [-0.3, -0.25) is 0 Å². The summed E-state index contributed by atoms with van der Waals surface area (Å²) in [6, 6.07) is 69.7. The zero-order valence-electron chi connectivity index (χ0n) is 27.3. The molecule has 0 N–H and O–H groups in total. The summed E-state index contributed by atoms with van der Waals surface area (Å²) >= 11 is 4.16. The molecule has 8 aromatic carbocycles. The maximum Gasteiger partial charge on any atom is 0.0736 e. The van der Waals surface area contributed by atoms with Crippen molar-refractivity contribution in [2.24, 2.45) is 0 Å². The maximum absolute atomic E-state index is 4.16. The van der Waals surface area contributed by atoms with Crippen molar-refractivity contribution in [2.75, 3.05) is 0 Å². The minimum Gasteiger partial charge on any atom is -0.0622 e. The van der Waals surface area contributed by atoms with Crippen molar-refractivity contribution >= 4 is 15.9 Å². The molecule has 234 valence electrons. The van der Waals surface area contributed by atoms with E-state index in [2.05, 4.69) is 204 Å². The minimum absolute atomic E-state index is 0.638. The summed E-state index contributed by atoms with van der Waals surface area (Å²) in [5, 5.41) is 0. The van der Waals surface area contributed by atoms with Crippen molar-refractivity contribution in [3.8, 4) is 66.8 Å². The van der Waals surface area contributed by atoms with E-state index in [9.17, 15) is 0 Å². The molecule has 1 unspecified atom stereocenters. The average molecular weight is 700 g/mol. The van der Waals surface area contributed by atoms with Gasteiger partial charge in [0.1, 0.15) is 0 Å². The smallest absolute Gasteiger partial charge is 0.0622 e. The van der Waals surface area contributed by atoms with Crippen molar-refractivity contribution < 1.29 is 0 Å². The third-order valence-corrected chi connectivity index (χ3v) is 11.5. The molecule has 0 bridgehead atoms.